The van der Waals surface area contributed by atoms with Gasteiger partial charge in [0.15, 0.2) is 0 Å². The maximum atomic E-state index is 12.9. The molecule has 1 unspecified atom stereocenters. The second-order valence-electron chi connectivity index (χ2n) is 7.00. The molecule has 0 bridgehead atoms. The number of hydrogen-bond donors (Lipinski definition) is 2. The molecule has 0 spiro atoms. The van der Waals surface area contributed by atoms with E-state index in [1.807, 2.05) is 18.2 Å². The van der Waals surface area contributed by atoms with E-state index in [2.05, 4.69) is 10.2 Å². The van der Waals surface area contributed by atoms with Gasteiger partial charge in [0.25, 0.3) is 5.91 Å². The van der Waals surface area contributed by atoms with Gasteiger partial charge in [0.2, 0.25) is 11.8 Å². The summed E-state index contributed by atoms with van der Waals surface area (Å²) < 4.78 is 0. The molecule has 1 aromatic carbocycles. The third-order valence-electron chi connectivity index (χ3n) is 5.43. The highest BCUT2D eigenvalue weighted by molar-refractivity contribution is 6.05. The van der Waals surface area contributed by atoms with Gasteiger partial charge in [-0.25, -0.2) is 4.79 Å². The summed E-state index contributed by atoms with van der Waals surface area (Å²) >= 11 is 0. The van der Waals surface area contributed by atoms with Crippen molar-refractivity contribution in [2.75, 3.05) is 31.1 Å². The van der Waals surface area contributed by atoms with Crippen LogP contribution in [0, 0.1) is 0 Å². The number of imide groups is 1. The molecule has 0 saturated carbocycles. The lowest BCUT2D eigenvalue weighted by Crippen LogP contribution is -2.52. The Bertz CT molecular complexity index is 831. The zero-order chi connectivity index (χ0) is 19.1. The van der Waals surface area contributed by atoms with Crippen LogP contribution in [0.2, 0.25) is 0 Å². The second kappa shape index (κ2) is 6.57. The lowest BCUT2D eigenvalue weighted by Gasteiger charge is -2.34. The number of hydrogen-bond acceptors (Lipinski definition) is 5. The van der Waals surface area contributed by atoms with Crippen molar-refractivity contribution in [3.63, 3.8) is 0 Å². The third-order valence-corrected chi connectivity index (χ3v) is 5.43. The van der Waals surface area contributed by atoms with Gasteiger partial charge in [-0.15, -0.1) is 0 Å². The molecule has 4 rings (SSSR count). The highest BCUT2D eigenvalue weighted by Crippen LogP contribution is 2.30. The molecule has 3 aliphatic heterocycles. The van der Waals surface area contributed by atoms with Crippen LogP contribution in [0.1, 0.15) is 28.8 Å². The molecule has 9 heteroatoms. The molecule has 0 aromatic heterocycles. The molecule has 1 aromatic rings. The number of carbonyl (C=O) groups is 4. The number of piperazine rings is 1. The molecule has 1 atom stereocenters. The molecule has 2 N–H and O–H groups in total. The lowest BCUT2D eigenvalue weighted by molar-refractivity contribution is -0.136. The minimum Gasteiger partial charge on any atom is -0.465 e. The maximum absolute atomic E-state index is 12.9. The first kappa shape index (κ1) is 17.3. The Morgan fingerprint density at radius 2 is 1.85 bits per heavy atom. The minimum atomic E-state index is -0.918. The summed E-state index contributed by atoms with van der Waals surface area (Å²) in [6.07, 6.45) is -0.344. The average molecular weight is 372 g/mol. The first-order valence-electron chi connectivity index (χ1n) is 8.94. The van der Waals surface area contributed by atoms with Crippen LogP contribution in [0.25, 0.3) is 0 Å². The highest BCUT2D eigenvalue weighted by Gasteiger charge is 2.39. The van der Waals surface area contributed by atoms with Crippen LogP contribution < -0.4 is 10.2 Å². The number of carboxylic acid groups (broad SMARTS) is 1. The molecule has 0 radical (unpaired) electrons. The van der Waals surface area contributed by atoms with Crippen LogP contribution >= 0.6 is 0 Å². The van der Waals surface area contributed by atoms with Crippen LogP contribution in [-0.4, -0.2) is 70.9 Å². The number of piperidine rings is 1. The number of amides is 4. The van der Waals surface area contributed by atoms with E-state index in [4.69, 9.17) is 5.11 Å². The van der Waals surface area contributed by atoms with Crippen molar-refractivity contribution in [1.82, 2.24) is 15.1 Å². The van der Waals surface area contributed by atoms with Crippen LogP contribution in [0.5, 0.6) is 0 Å². The molecule has 142 valence electrons. The summed E-state index contributed by atoms with van der Waals surface area (Å²) in [4.78, 5) is 52.3. The normalized spacial score (nSPS) is 22.7. The molecule has 27 heavy (non-hydrogen) atoms. The number of carbonyl (C=O) groups excluding carboxylic acids is 3. The van der Waals surface area contributed by atoms with Gasteiger partial charge in [-0.1, -0.05) is 6.07 Å². The standard InChI is InChI=1S/C18H20N4O5/c23-15-4-3-14(16(24)19-15)22-10-11-1-2-12(9-13(11)17(22)25)20-5-7-21(8-6-20)18(26)27/h1-2,9,14H,3-8,10H2,(H,26,27)(H,19,23,24). The summed E-state index contributed by atoms with van der Waals surface area (Å²) in [6, 6.07) is 5.01. The smallest absolute Gasteiger partial charge is 0.407 e. The summed E-state index contributed by atoms with van der Waals surface area (Å²) in [5.74, 6) is -0.925. The number of nitrogens with one attached hydrogen (secondary N) is 1. The first-order chi connectivity index (χ1) is 12.9. The zero-order valence-corrected chi connectivity index (χ0v) is 14.7. The van der Waals surface area contributed by atoms with Gasteiger partial charge in [-0.05, 0) is 24.1 Å². The van der Waals surface area contributed by atoms with E-state index in [-0.39, 0.29) is 18.2 Å². The molecule has 0 aliphatic carbocycles. The van der Waals surface area contributed by atoms with Crippen LogP contribution in [0.3, 0.4) is 0 Å². The Kier molecular flexibility index (Phi) is 4.21. The fourth-order valence-corrected chi connectivity index (χ4v) is 3.90. The van der Waals surface area contributed by atoms with Gasteiger partial charge in [-0.3, -0.25) is 19.7 Å². The summed E-state index contributed by atoms with van der Waals surface area (Å²) in [5.41, 5.74) is 2.30. The van der Waals surface area contributed by atoms with Crippen molar-refractivity contribution in [3.8, 4) is 0 Å². The molecular formula is C18H20N4O5. The van der Waals surface area contributed by atoms with E-state index >= 15 is 0 Å². The first-order valence-corrected chi connectivity index (χ1v) is 8.94. The van der Waals surface area contributed by atoms with Crippen LogP contribution in [-0.2, 0) is 16.1 Å². The van der Waals surface area contributed by atoms with E-state index < -0.39 is 18.0 Å². The molecule has 4 amide bonds. The van der Waals surface area contributed by atoms with E-state index in [1.165, 1.54) is 9.80 Å². The van der Waals surface area contributed by atoms with Gasteiger partial charge in [0.1, 0.15) is 6.04 Å². The molecule has 2 saturated heterocycles. The van der Waals surface area contributed by atoms with E-state index in [0.29, 0.717) is 44.7 Å². The Balaban J connectivity index is 1.49. The second-order valence-corrected chi connectivity index (χ2v) is 7.00. The van der Waals surface area contributed by atoms with Crippen molar-refractivity contribution in [1.29, 1.82) is 0 Å². The van der Waals surface area contributed by atoms with Gasteiger partial charge in [0, 0.05) is 50.4 Å². The Morgan fingerprint density at radius 1 is 1.11 bits per heavy atom. The van der Waals surface area contributed by atoms with Crippen LogP contribution in [0.15, 0.2) is 18.2 Å². The van der Waals surface area contributed by atoms with Crippen molar-refractivity contribution < 1.29 is 24.3 Å². The fraction of sp³-hybridized carbons (Fsp3) is 0.444. The predicted octanol–water partition coefficient (Wildman–Crippen LogP) is 0.248. The largest absolute Gasteiger partial charge is 0.465 e. The molecule has 3 heterocycles. The molecule has 9 nitrogen and oxygen atoms in total. The van der Waals surface area contributed by atoms with Crippen LogP contribution in [0.4, 0.5) is 10.5 Å². The number of fused-ring (bicyclic) bond motifs is 1. The topological polar surface area (TPSA) is 110 Å². The van der Waals surface area contributed by atoms with E-state index in [1.54, 1.807) is 0 Å². The summed E-state index contributed by atoms with van der Waals surface area (Å²) in [7, 11) is 0. The predicted molar refractivity (Wildman–Crippen MR) is 94.3 cm³/mol. The lowest BCUT2D eigenvalue weighted by atomic mass is 10.0. The monoisotopic (exact) mass is 372 g/mol. The van der Waals surface area contributed by atoms with E-state index in [9.17, 15) is 19.2 Å². The quantitative estimate of drug-likeness (QED) is 0.720. The Hall–Kier alpha value is -3.10. The zero-order valence-electron chi connectivity index (χ0n) is 14.7. The highest BCUT2D eigenvalue weighted by atomic mass is 16.4. The number of nitrogens with zero attached hydrogens (tertiary/aromatic N) is 3. The SMILES string of the molecule is O=C1CCC(N2Cc3ccc(N4CCN(C(=O)O)CC4)cc3C2=O)C(=O)N1. The summed E-state index contributed by atoms with van der Waals surface area (Å²) in [5, 5.41) is 11.3. The Labute approximate surface area is 155 Å². The molecule has 3 aliphatic rings. The van der Waals surface area contributed by atoms with Crippen molar-refractivity contribution in [2.24, 2.45) is 0 Å². The van der Waals surface area contributed by atoms with Crippen molar-refractivity contribution in [2.45, 2.75) is 25.4 Å². The van der Waals surface area contributed by atoms with Gasteiger partial charge in [0.05, 0.1) is 0 Å². The third kappa shape index (κ3) is 3.09. The number of anilines is 1. The average Bonchev–Trinajstić information content (AvgIpc) is 2.98. The minimum absolute atomic E-state index is 0.203. The Morgan fingerprint density at radius 3 is 2.52 bits per heavy atom. The fourth-order valence-electron chi connectivity index (χ4n) is 3.90. The van der Waals surface area contributed by atoms with Crippen molar-refractivity contribution in [3.05, 3.63) is 29.3 Å². The number of rotatable bonds is 2. The van der Waals surface area contributed by atoms with Gasteiger partial charge < -0.3 is 19.8 Å². The van der Waals surface area contributed by atoms with Crippen molar-refractivity contribution >= 4 is 29.5 Å². The van der Waals surface area contributed by atoms with E-state index in [0.717, 1.165) is 11.3 Å². The maximum Gasteiger partial charge on any atom is 0.407 e. The molecule has 2 fully saturated rings. The summed E-state index contributed by atoms with van der Waals surface area (Å²) in [6.45, 7) is 2.32. The van der Waals surface area contributed by atoms with Gasteiger partial charge in [-0.2, -0.15) is 0 Å². The molecular weight excluding hydrogens is 352 g/mol. The van der Waals surface area contributed by atoms with Gasteiger partial charge >= 0.3 is 6.09 Å². The number of benzene rings is 1.